The molecular weight excluding hydrogens is 279 g/mol. The maximum Gasteiger partial charge on any atom is 0.170 e. The molecule has 0 bridgehead atoms. The van der Waals surface area contributed by atoms with Gasteiger partial charge < -0.3 is 4.74 Å². The monoisotopic (exact) mass is 292 g/mol. The first kappa shape index (κ1) is 14.5. The summed E-state index contributed by atoms with van der Waals surface area (Å²) in [6.45, 7) is 2.35. The molecule has 0 N–H and O–H groups in total. The first-order valence-electron chi connectivity index (χ1n) is 6.30. The molecule has 0 heterocycles. The Morgan fingerprint density at radius 1 is 1.25 bits per heavy atom. The third-order valence-corrected chi connectivity index (χ3v) is 3.13. The van der Waals surface area contributed by atoms with Crippen LogP contribution in [0.5, 0.6) is 5.75 Å². The van der Waals surface area contributed by atoms with Gasteiger partial charge in [-0.3, -0.25) is 4.79 Å². The first-order valence-corrected chi connectivity index (χ1v) is 6.68. The lowest BCUT2D eigenvalue weighted by Crippen LogP contribution is -2.07. The minimum absolute atomic E-state index is 0.0217. The molecule has 0 aliphatic carbocycles. The van der Waals surface area contributed by atoms with E-state index >= 15 is 0 Å². The van der Waals surface area contributed by atoms with Gasteiger partial charge in [-0.2, -0.15) is 0 Å². The number of carbonyl (C=O) groups excluding carboxylic acids is 1. The fourth-order valence-electron chi connectivity index (χ4n) is 1.91. The maximum absolute atomic E-state index is 13.1. The zero-order chi connectivity index (χ0) is 14.5. The molecule has 0 aliphatic rings. The van der Waals surface area contributed by atoms with Gasteiger partial charge >= 0.3 is 0 Å². The largest absolute Gasteiger partial charge is 0.493 e. The second kappa shape index (κ2) is 6.53. The summed E-state index contributed by atoms with van der Waals surface area (Å²) in [5.41, 5.74) is 1.20. The van der Waals surface area contributed by atoms with Crippen LogP contribution in [0, 0.1) is 5.82 Å². The number of benzene rings is 2. The number of rotatable bonds is 5. The van der Waals surface area contributed by atoms with Crippen molar-refractivity contribution in [3.05, 3.63) is 64.4 Å². The molecule has 0 atom stereocenters. The van der Waals surface area contributed by atoms with E-state index in [9.17, 15) is 9.18 Å². The van der Waals surface area contributed by atoms with E-state index in [1.54, 1.807) is 24.3 Å². The molecule has 0 saturated carbocycles. The van der Waals surface area contributed by atoms with Crippen molar-refractivity contribution in [2.24, 2.45) is 0 Å². The van der Waals surface area contributed by atoms with Gasteiger partial charge in [0.25, 0.3) is 0 Å². The summed E-state index contributed by atoms with van der Waals surface area (Å²) >= 11 is 5.71. The standard InChI is InChI=1S/C16H14ClFO2/c1-2-20-16-6-4-3-5-12(16)15(19)10-11-7-8-14(18)13(17)9-11/h3-9H,2,10H2,1H3. The highest BCUT2D eigenvalue weighted by atomic mass is 35.5. The number of hydrogen-bond acceptors (Lipinski definition) is 2. The van der Waals surface area contributed by atoms with Crippen LogP contribution in [0.1, 0.15) is 22.8 Å². The van der Waals surface area contributed by atoms with Crippen LogP contribution in [0.25, 0.3) is 0 Å². The Kier molecular flexibility index (Phi) is 4.74. The van der Waals surface area contributed by atoms with Crippen LogP contribution in [-0.4, -0.2) is 12.4 Å². The minimum atomic E-state index is -0.488. The Morgan fingerprint density at radius 2 is 2.00 bits per heavy atom. The van der Waals surface area contributed by atoms with Crippen LogP contribution in [0.2, 0.25) is 5.02 Å². The summed E-state index contributed by atoms with van der Waals surface area (Å²) in [5.74, 6) is -0.0116. The molecule has 0 aromatic heterocycles. The highest BCUT2D eigenvalue weighted by Crippen LogP contribution is 2.22. The molecule has 0 amide bonds. The average molecular weight is 293 g/mol. The Morgan fingerprint density at radius 3 is 2.70 bits per heavy atom. The lowest BCUT2D eigenvalue weighted by Gasteiger charge is -2.09. The van der Waals surface area contributed by atoms with E-state index in [0.29, 0.717) is 23.5 Å². The number of carbonyl (C=O) groups is 1. The molecule has 0 radical (unpaired) electrons. The Balaban J connectivity index is 2.21. The minimum Gasteiger partial charge on any atom is -0.493 e. The molecule has 2 aromatic rings. The second-order valence-electron chi connectivity index (χ2n) is 4.28. The Bertz CT molecular complexity index is 626. The van der Waals surface area contributed by atoms with Crippen molar-refractivity contribution in [1.29, 1.82) is 0 Å². The van der Waals surface area contributed by atoms with Crippen LogP contribution in [-0.2, 0) is 6.42 Å². The molecule has 0 aliphatic heterocycles. The highest BCUT2D eigenvalue weighted by molar-refractivity contribution is 6.30. The third-order valence-electron chi connectivity index (χ3n) is 2.84. The van der Waals surface area contributed by atoms with Crippen LogP contribution in [0.4, 0.5) is 4.39 Å². The van der Waals surface area contributed by atoms with Gasteiger partial charge in [0, 0.05) is 6.42 Å². The summed E-state index contributed by atoms with van der Waals surface area (Å²) in [7, 11) is 0. The zero-order valence-corrected chi connectivity index (χ0v) is 11.8. The first-order chi connectivity index (χ1) is 9.61. The number of halogens is 2. The van der Waals surface area contributed by atoms with E-state index in [-0.39, 0.29) is 17.2 Å². The fraction of sp³-hybridized carbons (Fsp3) is 0.188. The van der Waals surface area contributed by atoms with Crippen LogP contribution in [0.15, 0.2) is 42.5 Å². The summed E-state index contributed by atoms with van der Waals surface area (Å²) in [5, 5.41) is 0.0217. The molecule has 20 heavy (non-hydrogen) atoms. The molecule has 0 fully saturated rings. The smallest absolute Gasteiger partial charge is 0.170 e. The molecular formula is C16H14ClFO2. The van der Waals surface area contributed by atoms with E-state index in [2.05, 4.69) is 0 Å². The van der Waals surface area contributed by atoms with E-state index in [1.807, 2.05) is 13.0 Å². The third kappa shape index (κ3) is 3.36. The van der Waals surface area contributed by atoms with Crippen LogP contribution in [0.3, 0.4) is 0 Å². The van der Waals surface area contributed by atoms with Crippen molar-refractivity contribution in [3.63, 3.8) is 0 Å². The van der Waals surface area contributed by atoms with Gasteiger partial charge in [-0.25, -0.2) is 4.39 Å². The van der Waals surface area contributed by atoms with E-state index < -0.39 is 5.82 Å². The van der Waals surface area contributed by atoms with Gasteiger partial charge in [-0.05, 0) is 36.8 Å². The van der Waals surface area contributed by atoms with Gasteiger partial charge in [0.15, 0.2) is 5.78 Å². The van der Waals surface area contributed by atoms with Gasteiger partial charge in [-0.15, -0.1) is 0 Å². The van der Waals surface area contributed by atoms with E-state index in [0.717, 1.165) is 0 Å². The van der Waals surface area contributed by atoms with Crippen molar-refractivity contribution < 1.29 is 13.9 Å². The lowest BCUT2D eigenvalue weighted by molar-refractivity contribution is 0.0989. The molecule has 0 spiro atoms. The molecule has 0 unspecified atom stereocenters. The quantitative estimate of drug-likeness (QED) is 0.768. The predicted octanol–water partition coefficient (Wildman–Crippen LogP) is 4.30. The molecule has 104 valence electrons. The fourth-order valence-corrected chi connectivity index (χ4v) is 2.11. The van der Waals surface area contributed by atoms with Gasteiger partial charge in [-0.1, -0.05) is 29.8 Å². The maximum atomic E-state index is 13.1. The van der Waals surface area contributed by atoms with Gasteiger partial charge in [0.1, 0.15) is 11.6 Å². The summed E-state index contributed by atoms with van der Waals surface area (Å²) < 4.78 is 18.5. The molecule has 0 saturated heterocycles. The second-order valence-corrected chi connectivity index (χ2v) is 4.68. The number of ether oxygens (including phenoxy) is 1. The van der Waals surface area contributed by atoms with Crippen molar-refractivity contribution >= 4 is 17.4 Å². The molecule has 2 rings (SSSR count). The topological polar surface area (TPSA) is 26.3 Å². The van der Waals surface area contributed by atoms with Gasteiger partial charge in [0.05, 0.1) is 17.2 Å². The Hall–Kier alpha value is -1.87. The van der Waals surface area contributed by atoms with Crippen molar-refractivity contribution in [2.45, 2.75) is 13.3 Å². The van der Waals surface area contributed by atoms with Crippen molar-refractivity contribution in [3.8, 4) is 5.75 Å². The summed E-state index contributed by atoms with van der Waals surface area (Å²) in [6.07, 6.45) is 0.157. The Labute approximate surface area is 122 Å². The number of hydrogen-bond donors (Lipinski definition) is 0. The summed E-state index contributed by atoms with van der Waals surface area (Å²) in [4.78, 5) is 12.3. The number of para-hydroxylation sites is 1. The normalized spacial score (nSPS) is 10.3. The summed E-state index contributed by atoms with van der Waals surface area (Å²) in [6, 6.07) is 11.4. The highest BCUT2D eigenvalue weighted by Gasteiger charge is 2.13. The van der Waals surface area contributed by atoms with Crippen molar-refractivity contribution in [2.75, 3.05) is 6.61 Å². The SMILES string of the molecule is CCOc1ccccc1C(=O)Cc1ccc(F)c(Cl)c1. The van der Waals surface area contributed by atoms with E-state index in [1.165, 1.54) is 12.1 Å². The average Bonchev–Trinajstić information content (AvgIpc) is 2.44. The lowest BCUT2D eigenvalue weighted by atomic mass is 10.0. The van der Waals surface area contributed by atoms with Crippen molar-refractivity contribution in [1.82, 2.24) is 0 Å². The number of ketones is 1. The predicted molar refractivity (Wildman–Crippen MR) is 77.1 cm³/mol. The van der Waals surface area contributed by atoms with Crippen LogP contribution >= 0.6 is 11.6 Å². The number of Topliss-reactive ketones (excluding diaryl/α,β-unsaturated/α-hetero) is 1. The zero-order valence-electron chi connectivity index (χ0n) is 11.0. The van der Waals surface area contributed by atoms with Crippen LogP contribution < -0.4 is 4.74 Å². The van der Waals surface area contributed by atoms with Gasteiger partial charge in [0.2, 0.25) is 0 Å². The molecule has 2 aromatic carbocycles. The molecule has 2 nitrogen and oxygen atoms in total. The van der Waals surface area contributed by atoms with E-state index in [4.69, 9.17) is 16.3 Å². The molecule has 4 heteroatoms.